The normalized spacial score (nSPS) is 16.6. The molecule has 0 atom stereocenters. The Morgan fingerprint density at radius 1 is 1.38 bits per heavy atom. The lowest BCUT2D eigenvalue weighted by Crippen LogP contribution is -2.20. The van der Waals surface area contributed by atoms with Gasteiger partial charge in [0.05, 0.1) is 13.2 Å². The van der Waals surface area contributed by atoms with Crippen LogP contribution in [0.5, 0.6) is 0 Å². The molecule has 0 amide bonds. The van der Waals surface area contributed by atoms with Gasteiger partial charge >= 0.3 is 0 Å². The minimum absolute atomic E-state index is 0.751. The number of fused-ring (bicyclic) bond motifs is 1. The van der Waals surface area contributed by atoms with Crippen LogP contribution in [0.1, 0.15) is 11.1 Å². The van der Waals surface area contributed by atoms with Crippen LogP contribution in [-0.2, 0) is 11.3 Å². The molecule has 0 bridgehead atoms. The molecule has 0 radical (unpaired) electrons. The Hall–Kier alpha value is -1.02. The van der Waals surface area contributed by atoms with Gasteiger partial charge in [-0.3, -0.25) is 0 Å². The van der Waals surface area contributed by atoms with Crippen LogP contribution in [0.4, 0.5) is 5.69 Å². The number of hydrogen-bond donors (Lipinski definition) is 0. The van der Waals surface area contributed by atoms with Crippen molar-refractivity contribution in [1.29, 1.82) is 0 Å². The Bertz CT molecular complexity index is 309. The summed E-state index contributed by atoms with van der Waals surface area (Å²) in [7, 11) is 2.11. The predicted octanol–water partition coefficient (Wildman–Crippen LogP) is 1.96. The summed E-state index contributed by atoms with van der Waals surface area (Å²) in [6.45, 7) is 4.67. The van der Waals surface area contributed by atoms with E-state index in [0.717, 1.165) is 19.8 Å². The van der Waals surface area contributed by atoms with E-state index in [1.54, 1.807) is 0 Å². The molecule has 13 heavy (non-hydrogen) atoms. The smallest absolute Gasteiger partial charge is 0.0738 e. The van der Waals surface area contributed by atoms with Gasteiger partial charge in [0, 0.05) is 24.8 Å². The third-order valence-corrected chi connectivity index (χ3v) is 2.47. The van der Waals surface area contributed by atoms with Crippen molar-refractivity contribution in [3.63, 3.8) is 0 Å². The summed E-state index contributed by atoms with van der Waals surface area (Å²) < 4.78 is 5.50. The fraction of sp³-hybridized carbons (Fsp3) is 0.455. The van der Waals surface area contributed by atoms with Gasteiger partial charge < -0.3 is 9.64 Å². The number of hydrogen-bond acceptors (Lipinski definition) is 2. The number of aryl methyl sites for hydroxylation is 1. The Balaban J connectivity index is 2.42. The zero-order valence-electron chi connectivity index (χ0n) is 8.21. The predicted molar refractivity (Wildman–Crippen MR) is 54.1 cm³/mol. The highest BCUT2D eigenvalue weighted by Gasteiger charge is 2.11. The number of benzene rings is 1. The Morgan fingerprint density at radius 2 is 2.23 bits per heavy atom. The average molecular weight is 177 g/mol. The van der Waals surface area contributed by atoms with E-state index in [-0.39, 0.29) is 0 Å². The van der Waals surface area contributed by atoms with Gasteiger partial charge in [-0.2, -0.15) is 0 Å². The fourth-order valence-corrected chi connectivity index (χ4v) is 1.71. The van der Waals surface area contributed by atoms with Gasteiger partial charge in [0.1, 0.15) is 0 Å². The maximum atomic E-state index is 5.50. The number of likely N-dealkylation sites (N-methyl/N-ethyl adjacent to an activating group) is 1. The van der Waals surface area contributed by atoms with Crippen molar-refractivity contribution >= 4 is 5.69 Å². The molecule has 2 rings (SSSR count). The zero-order valence-corrected chi connectivity index (χ0v) is 8.21. The molecule has 2 nitrogen and oxygen atoms in total. The largest absolute Gasteiger partial charge is 0.375 e. The van der Waals surface area contributed by atoms with Crippen molar-refractivity contribution in [3.8, 4) is 0 Å². The molecule has 1 aromatic rings. The average Bonchev–Trinajstić information content (AvgIpc) is 2.28. The van der Waals surface area contributed by atoms with Crippen molar-refractivity contribution in [2.75, 3.05) is 25.1 Å². The van der Waals surface area contributed by atoms with Crippen LogP contribution >= 0.6 is 0 Å². The Kier molecular flexibility index (Phi) is 2.23. The van der Waals surface area contributed by atoms with Crippen molar-refractivity contribution in [2.45, 2.75) is 13.5 Å². The van der Waals surface area contributed by atoms with E-state index in [1.807, 2.05) is 0 Å². The SMILES string of the molecule is Cc1ccc2c(c1)COCCN2C. The fourth-order valence-electron chi connectivity index (χ4n) is 1.71. The number of rotatable bonds is 0. The van der Waals surface area contributed by atoms with Crippen LogP contribution < -0.4 is 4.90 Å². The van der Waals surface area contributed by atoms with E-state index in [0.29, 0.717) is 0 Å². The molecule has 0 aromatic heterocycles. The lowest BCUT2D eigenvalue weighted by atomic mass is 10.1. The Labute approximate surface area is 79.1 Å². The first-order valence-electron chi connectivity index (χ1n) is 4.66. The van der Waals surface area contributed by atoms with E-state index >= 15 is 0 Å². The maximum absolute atomic E-state index is 5.50. The van der Waals surface area contributed by atoms with Crippen LogP contribution in [0.3, 0.4) is 0 Å². The molecule has 1 heterocycles. The highest BCUT2D eigenvalue weighted by molar-refractivity contribution is 5.54. The highest BCUT2D eigenvalue weighted by Crippen LogP contribution is 2.23. The third kappa shape index (κ3) is 1.68. The van der Waals surface area contributed by atoms with Gasteiger partial charge in [0.25, 0.3) is 0 Å². The lowest BCUT2D eigenvalue weighted by molar-refractivity contribution is 0.133. The van der Waals surface area contributed by atoms with E-state index in [4.69, 9.17) is 4.74 Å². The lowest BCUT2D eigenvalue weighted by Gasteiger charge is -2.18. The van der Waals surface area contributed by atoms with Crippen LogP contribution in [0.15, 0.2) is 18.2 Å². The van der Waals surface area contributed by atoms with Gasteiger partial charge in [-0.1, -0.05) is 17.7 Å². The maximum Gasteiger partial charge on any atom is 0.0738 e. The van der Waals surface area contributed by atoms with Gasteiger partial charge in [0.2, 0.25) is 0 Å². The monoisotopic (exact) mass is 177 g/mol. The summed E-state index contributed by atoms with van der Waals surface area (Å²) in [6.07, 6.45) is 0. The first-order valence-corrected chi connectivity index (χ1v) is 4.66. The van der Waals surface area contributed by atoms with Crippen LogP contribution in [0.2, 0.25) is 0 Å². The van der Waals surface area contributed by atoms with E-state index in [1.165, 1.54) is 16.8 Å². The van der Waals surface area contributed by atoms with Crippen LogP contribution in [0.25, 0.3) is 0 Å². The molecule has 0 fully saturated rings. The molecule has 1 aliphatic heterocycles. The van der Waals surface area contributed by atoms with E-state index < -0.39 is 0 Å². The molecule has 1 aromatic carbocycles. The van der Waals surface area contributed by atoms with Crippen molar-refractivity contribution in [2.24, 2.45) is 0 Å². The zero-order chi connectivity index (χ0) is 9.26. The van der Waals surface area contributed by atoms with Gasteiger partial charge in [0.15, 0.2) is 0 Å². The van der Waals surface area contributed by atoms with Crippen molar-refractivity contribution in [3.05, 3.63) is 29.3 Å². The second-order valence-electron chi connectivity index (χ2n) is 3.61. The second-order valence-corrected chi connectivity index (χ2v) is 3.61. The molecule has 0 N–H and O–H groups in total. The molecule has 0 saturated carbocycles. The molecular weight excluding hydrogens is 162 g/mol. The summed E-state index contributed by atoms with van der Waals surface area (Å²) in [5, 5.41) is 0. The summed E-state index contributed by atoms with van der Waals surface area (Å²) in [6, 6.07) is 6.54. The van der Waals surface area contributed by atoms with E-state index in [9.17, 15) is 0 Å². The van der Waals surface area contributed by atoms with E-state index in [2.05, 4.69) is 37.1 Å². The van der Waals surface area contributed by atoms with Gasteiger partial charge in [-0.15, -0.1) is 0 Å². The molecule has 0 spiro atoms. The molecule has 0 aliphatic carbocycles. The second kappa shape index (κ2) is 3.38. The molecule has 1 aliphatic rings. The summed E-state index contributed by atoms with van der Waals surface area (Å²) in [5.74, 6) is 0. The summed E-state index contributed by atoms with van der Waals surface area (Å²) >= 11 is 0. The summed E-state index contributed by atoms with van der Waals surface area (Å²) in [4.78, 5) is 2.25. The molecular formula is C11H15NO. The topological polar surface area (TPSA) is 12.5 Å². The van der Waals surface area contributed by atoms with Gasteiger partial charge in [-0.05, 0) is 13.0 Å². The van der Waals surface area contributed by atoms with Gasteiger partial charge in [-0.25, -0.2) is 0 Å². The van der Waals surface area contributed by atoms with Crippen molar-refractivity contribution in [1.82, 2.24) is 0 Å². The number of ether oxygens (including phenoxy) is 1. The first kappa shape index (κ1) is 8.57. The molecule has 0 saturated heterocycles. The summed E-state index contributed by atoms with van der Waals surface area (Å²) in [5.41, 5.74) is 3.92. The first-order chi connectivity index (χ1) is 6.27. The molecule has 70 valence electrons. The third-order valence-electron chi connectivity index (χ3n) is 2.47. The molecule has 0 unspecified atom stereocenters. The minimum Gasteiger partial charge on any atom is -0.375 e. The quantitative estimate of drug-likeness (QED) is 0.600. The van der Waals surface area contributed by atoms with Crippen molar-refractivity contribution < 1.29 is 4.74 Å². The number of nitrogens with zero attached hydrogens (tertiary/aromatic N) is 1. The van der Waals surface area contributed by atoms with Crippen LogP contribution in [0, 0.1) is 6.92 Å². The number of anilines is 1. The highest BCUT2D eigenvalue weighted by atomic mass is 16.5. The Morgan fingerprint density at radius 3 is 3.08 bits per heavy atom. The standard InChI is InChI=1S/C11H15NO/c1-9-3-4-11-10(7-9)8-13-6-5-12(11)2/h3-4,7H,5-6,8H2,1-2H3. The van der Waals surface area contributed by atoms with Crippen LogP contribution in [-0.4, -0.2) is 20.2 Å². The minimum atomic E-state index is 0.751. The molecule has 2 heteroatoms.